The fraction of sp³-hybridized carbons (Fsp3) is 0.500. The molecule has 0 atom stereocenters. The monoisotopic (exact) mass is 165 g/mol. The van der Waals surface area contributed by atoms with Crippen molar-refractivity contribution < 1.29 is 4.79 Å². The highest BCUT2D eigenvalue weighted by Gasteiger charge is 2.23. The van der Waals surface area contributed by atoms with Gasteiger partial charge in [0.1, 0.15) is 5.82 Å². The Labute approximate surface area is 70.6 Å². The Kier molecular flexibility index (Phi) is 1.43. The normalized spacial score (nSPS) is 15.7. The van der Waals surface area contributed by atoms with Crippen LogP contribution < -0.4 is 5.32 Å². The molecule has 0 aliphatic carbocycles. The molecule has 0 fully saturated rings. The molecule has 1 aromatic heterocycles. The second-order valence-corrected chi connectivity index (χ2v) is 3.03. The van der Waals surface area contributed by atoms with Gasteiger partial charge in [0, 0.05) is 20.0 Å². The highest BCUT2D eigenvalue weighted by molar-refractivity contribution is 6.03. The molecule has 64 valence electrons. The second-order valence-electron chi connectivity index (χ2n) is 3.03. The summed E-state index contributed by atoms with van der Waals surface area (Å²) in [4.78, 5) is 11.4. The number of nitrogens with one attached hydrogen (secondary N) is 1. The Balaban J connectivity index is 2.62. The van der Waals surface area contributed by atoms with E-state index in [0.29, 0.717) is 6.42 Å². The number of aryl methyl sites for hydroxylation is 2. The Bertz CT molecular complexity index is 340. The van der Waals surface area contributed by atoms with E-state index in [2.05, 4.69) is 10.4 Å². The molecule has 0 radical (unpaired) electrons. The van der Waals surface area contributed by atoms with Crippen LogP contribution in [0.1, 0.15) is 22.5 Å². The molecule has 2 heterocycles. The number of nitrogens with zero attached hydrogens (tertiary/aromatic N) is 2. The summed E-state index contributed by atoms with van der Waals surface area (Å²) < 4.78 is 1.72. The summed E-state index contributed by atoms with van der Waals surface area (Å²) in [5.41, 5.74) is 1.59. The Morgan fingerprint density at radius 3 is 3.00 bits per heavy atom. The molecule has 0 saturated heterocycles. The number of fused-ring (bicyclic) bond motifs is 1. The highest BCUT2D eigenvalue weighted by Crippen LogP contribution is 2.23. The summed E-state index contributed by atoms with van der Waals surface area (Å²) in [6.45, 7) is 2.59. The molecular formula is C8H11N3O. The van der Waals surface area contributed by atoms with E-state index in [0.717, 1.165) is 23.6 Å². The summed E-state index contributed by atoms with van der Waals surface area (Å²) in [6, 6.07) is 0. The Hall–Kier alpha value is -1.32. The lowest BCUT2D eigenvalue weighted by molar-refractivity contribution is 0.0983. The highest BCUT2D eigenvalue weighted by atomic mass is 16.1. The van der Waals surface area contributed by atoms with Gasteiger partial charge in [0.15, 0.2) is 5.78 Å². The van der Waals surface area contributed by atoms with Crippen LogP contribution in [0.4, 0.5) is 5.82 Å². The number of hydrogen-bond acceptors (Lipinski definition) is 3. The first kappa shape index (κ1) is 7.34. The quantitative estimate of drug-likeness (QED) is 0.616. The predicted octanol–water partition coefficient (Wildman–Crippen LogP) is 0.727. The first-order chi connectivity index (χ1) is 5.70. The molecule has 4 heteroatoms. The van der Waals surface area contributed by atoms with Gasteiger partial charge in [-0.1, -0.05) is 0 Å². The van der Waals surface area contributed by atoms with E-state index in [1.807, 2.05) is 14.0 Å². The molecule has 1 aliphatic rings. The summed E-state index contributed by atoms with van der Waals surface area (Å²) in [6.07, 6.45) is 0.583. The maximum Gasteiger partial charge on any atom is 0.170 e. The molecule has 0 amide bonds. The van der Waals surface area contributed by atoms with Gasteiger partial charge in [0.2, 0.25) is 0 Å². The van der Waals surface area contributed by atoms with E-state index in [1.165, 1.54) is 0 Å². The smallest absolute Gasteiger partial charge is 0.170 e. The number of anilines is 1. The van der Waals surface area contributed by atoms with Gasteiger partial charge >= 0.3 is 0 Å². The molecule has 0 saturated carbocycles. The van der Waals surface area contributed by atoms with Crippen LogP contribution in [-0.2, 0) is 7.05 Å². The van der Waals surface area contributed by atoms with Crippen LogP contribution in [0.5, 0.6) is 0 Å². The van der Waals surface area contributed by atoms with Crippen LogP contribution in [0, 0.1) is 6.92 Å². The van der Waals surface area contributed by atoms with Gasteiger partial charge in [-0.25, -0.2) is 0 Å². The average molecular weight is 165 g/mol. The summed E-state index contributed by atoms with van der Waals surface area (Å²) in [5.74, 6) is 1.07. The van der Waals surface area contributed by atoms with E-state index >= 15 is 0 Å². The third kappa shape index (κ3) is 0.841. The van der Waals surface area contributed by atoms with Gasteiger partial charge in [0.05, 0.1) is 11.3 Å². The van der Waals surface area contributed by atoms with Gasteiger partial charge in [-0.05, 0) is 6.92 Å². The van der Waals surface area contributed by atoms with E-state index < -0.39 is 0 Å². The number of Topliss-reactive ketones (excluding diaryl/α,β-unsaturated/α-hetero) is 1. The van der Waals surface area contributed by atoms with Gasteiger partial charge in [-0.15, -0.1) is 0 Å². The van der Waals surface area contributed by atoms with Crippen molar-refractivity contribution in [3.05, 3.63) is 11.3 Å². The molecule has 12 heavy (non-hydrogen) atoms. The van der Waals surface area contributed by atoms with Crippen LogP contribution in [0.3, 0.4) is 0 Å². The minimum Gasteiger partial charge on any atom is -0.369 e. The van der Waals surface area contributed by atoms with Crippen LogP contribution in [-0.4, -0.2) is 22.1 Å². The van der Waals surface area contributed by atoms with Crippen LogP contribution in [0.2, 0.25) is 0 Å². The third-order valence-corrected chi connectivity index (χ3v) is 2.15. The zero-order chi connectivity index (χ0) is 8.72. The van der Waals surface area contributed by atoms with Crippen molar-refractivity contribution in [1.82, 2.24) is 9.78 Å². The maximum absolute atomic E-state index is 11.4. The fourth-order valence-electron chi connectivity index (χ4n) is 1.61. The van der Waals surface area contributed by atoms with Gasteiger partial charge in [-0.3, -0.25) is 9.48 Å². The van der Waals surface area contributed by atoms with Crippen molar-refractivity contribution in [2.45, 2.75) is 13.3 Å². The lowest BCUT2D eigenvalue weighted by Gasteiger charge is -2.13. The predicted molar refractivity (Wildman–Crippen MR) is 45.4 cm³/mol. The largest absolute Gasteiger partial charge is 0.369 e. The third-order valence-electron chi connectivity index (χ3n) is 2.15. The Morgan fingerprint density at radius 2 is 2.33 bits per heavy atom. The van der Waals surface area contributed by atoms with E-state index in [1.54, 1.807) is 4.68 Å². The molecule has 0 spiro atoms. The van der Waals surface area contributed by atoms with Crippen molar-refractivity contribution in [1.29, 1.82) is 0 Å². The van der Waals surface area contributed by atoms with Crippen molar-refractivity contribution in [3.8, 4) is 0 Å². The number of ketones is 1. The first-order valence-corrected chi connectivity index (χ1v) is 4.01. The van der Waals surface area contributed by atoms with E-state index in [4.69, 9.17) is 0 Å². The van der Waals surface area contributed by atoms with Crippen molar-refractivity contribution in [3.63, 3.8) is 0 Å². The minimum absolute atomic E-state index is 0.203. The molecule has 1 aromatic rings. The zero-order valence-corrected chi connectivity index (χ0v) is 7.22. The van der Waals surface area contributed by atoms with Gasteiger partial charge in [0.25, 0.3) is 0 Å². The Morgan fingerprint density at radius 1 is 1.58 bits per heavy atom. The molecule has 2 rings (SSSR count). The second kappa shape index (κ2) is 2.33. The molecular weight excluding hydrogens is 154 g/mol. The lowest BCUT2D eigenvalue weighted by atomic mass is 10.1. The summed E-state index contributed by atoms with van der Waals surface area (Å²) >= 11 is 0. The molecule has 0 bridgehead atoms. The van der Waals surface area contributed by atoms with E-state index in [9.17, 15) is 4.79 Å². The summed E-state index contributed by atoms with van der Waals surface area (Å²) in [5, 5.41) is 7.34. The van der Waals surface area contributed by atoms with Gasteiger partial charge in [-0.2, -0.15) is 5.10 Å². The van der Waals surface area contributed by atoms with Crippen LogP contribution in [0.15, 0.2) is 0 Å². The lowest BCUT2D eigenvalue weighted by Crippen LogP contribution is -2.19. The molecule has 1 N–H and O–H groups in total. The zero-order valence-electron chi connectivity index (χ0n) is 7.22. The molecule has 1 aliphatic heterocycles. The standard InChI is InChI=1S/C8H11N3O/c1-5-7-6(12)3-4-9-8(7)11(2)10-5/h9H,3-4H2,1-2H3. The number of aromatic nitrogens is 2. The number of carbonyl (C=O) groups is 1. The van der Waals surface area contributed by atoms with Crippen LogP contribution >= 0.6 is 0 Å². The average Bonchev–Trinajstić information content (AvgIpc) is 2.29. The number of carbonyl (C=O) groups excluding carboxylic acids is 1. The van der Waals surface area contributed by atoms with Crippen molar-refractivity contribution >= 4 is 11.6 Å². The first-order valence-electron chi connectivity index (χ1n) is 4.01. The molecule has 0 aromatic carbocycles. The topological polar surface area (TPSA) is 46.9 Å². The minimum atomic E-state index is 0.203. The maximum atomic E-state index is 11.4. The van der Waals surface area contributed by atoms with Crippen LogP contribution in [0.25, 0.3) is 0 Å². The van der Waals surface area contributed by atoms with E-state index in [-0.39, 0.29) is 5.78 Å². The summed E-state index contributed by atoms with van der Waals surface area (Å²) in [7, 11) is 1.84. The van der Waals surface area contributed by atoms with Crippen molar-refractivity contribution in [2.24, 2.45) is 7.05 Å². The van der Waals surface area contributed by atoms with Crippen molar-refractivity contribution in [2.75, 3.05) is 11.9 Å². The molecule has 0 unspecified atom stereocenters. The SMILES string of the molecule is Cc1nn(C)c2c1C(=O)CCN2. The van der Waals surface area contributed by atoms with Gasteiger partial charge < -0.3 is 5.32 Å². The molecule has 4 nitrogen and oxygen atoms in total. The number of hydrogen-bond donors (Lipinski definition) is 1. The fourth-order valence-corrected chi connectivity index (χ4v) is 1.61. The number of rotatable bonds is 0.